The van der Waals surface area contributed by atoms with E-state index in [0.717, 1.165) is 35.4 Å². The lowest BCUT2D eigenvalue weighted by Gasteiger charge is -2.13. The third-order valence-electron chi connectivity index (χ3n) is 3.12. The highest BCUT2D eigenvalue weighted by Gasteiger charge is 2.05. The van der Waals surface area contributed by atoms with Crippen molar-refractivity contribution < 1.29 is 4.74 Å². The van der Waals surface area contributed by atoms with Gasteiger partial charge in [-0.15, -0.1) is 0 Å². The van der Waals surface area contributed by atoms with Gasteiger partial charge in [-0.05, 0) is 37.0 Å². The number of nitrogens with two attached hydrogens (primary N) is 1. The van der Waals surface area contributed by atoms with Crippen LogP contribution in [0.1, 0.15) is 23.1 Å². The number of hydrogen-bond acceptors (Lipinski definition) is 3. The van der Waals surface area contributed by atoms with Gasteiger partial charge in [-0.2, -0.15) is 0 Å². The van der Waals surface area contributed by atoms with E-state index in [1.165, 1.54) is 0 Å². The van der Waals surface area contributed by atoms with Crippen LogP contribution in [-0.2, 0) is 13.1 Å². The van der Waals surface area contributed by atoms with E-state index in [4.69, 9.17) is 10.5 Å². The molecule has 2 rings (SSSR count). The Balaban J connectivity index is 1.89. The van der Waals surface area contributed by atoms with Crippen molar-refractivity contribution in [1.29, 1.82) is 0 Å². The van der Waals surface area contributed by atoms with Crippen LogP contribution in [0.25, 0.3) is 0 Å². The maximum atomic E-state index is 5.89. The summed E-state index contributed by atoms with van der Waals surface area (Å²) in [6, 6.07) is 4.19. The number of ether oxygens (including phenoxy) is 1. The molecule has 1 aromatic carbocycles. The van der Waals surface area contributed by atoms with Crippen LogP contribution < -0.4 is 10.5 Å². The molecule has 102 valence electrons. The summed E-state index contributed by atoms with van der Waals surface area (Å²) in [4.78, 5) is 4.02. The standard InChI is InChI=1S/C15H21N3O/c1-12-8-14(10-16)9-13(2)15(12)19-7-3-5-18-6-4-17-11-18/h4,6,8-9,11H,3,5,7,10,16H2,1-2H3. The monoisotopic (exact) mass is 259 g/mol. The molecule has 1 aromatic heterocycles. The number of aromatic nitrogens is 2. The molecule has 0 saturated carbocycles. The molecule has 0 aliphatic carbocycles. The molecule has 0 saturated heterocycles. The molecule has 0 radical (unpaired) electrons. The summed E-state index contributed by atoms with van der Waals surface area (Å²) in [5.41, 5.74) is 9.13. The average molecular weight is 259 g/mol. The van der Waals surface area contributed by atoms with E-state index in [2.05, 4.69) is 35.5 Å². The van der Waals surface area contributed by atoms with Crippen molar-refractivity contribution in [2.24, 2.45) is 5.73 Å². The first kappa shape index (κ1) is 13.6. The first-order chi connectivity index (χ1) is 9.20. The van der Waals surface area contributed by atoms with E-state index in [0.29, 0.717) is 13.2 Å². The molecule has 0 amide bonds. The van der Waals surface area contributed by atoms with E-state index in [1.807, 2.05) is 12.5 Å². The summed E-state index contributed by atoms with van der Waals surface area (Å²) in [7, 11) is 0. The molecule has 4 nitrogen and oxygen atoms in total. The number of hydrogen-bond donors (Lipinski definition) is 1. The molecule has 4 heteroatoms. The average Bonchev–Trinajstić information content (AvgIpc) is 2.89. The van der Waals surface area contributed by atoms with Crippen LogP contribution in [0.15, 0.2) is 30.9 Å². The predicted molar refractivity (Wildman–Crippen MR) is 76.1 cm³/mol. The van der Waals surface area contributed by atoms with Gasteiger partial charge < -0.3 is 15.0 Å². The summed E-state index contributed by atoms with van der Waals surface area (Å²) < 4.78 is 7.95. The van der Waals surface area contributed by atoms with Crippen molar-refractivity contribution >= 4 is 0 Å². The topological polar surface area (TPSA) is 53.1 Å². The Kier molecular flexibility index (Phi) is 4.58. The fourth-order valence-corrected chi connectivity index (χ4v) is 2.23. The summed E-state index contributed by atoms with van der Waals surface area (Å²) in [6.45, 7) is 6.35. The van der Waals surface area contributed by atoms with E-state index in [1.54, 1.807) is 6.20 Å². The molecular weight excluding hydrogens is 238 g/mol. The van der Waals surface area contributed by atoms with Gasteiger partial charge in [-0.1, -0.05) is 12.1 Å². The lowest BCUT2D eigenvalue weighted by atomic mass is 10.1. The number of benzene rings is 1. The normalized spacial score (nSPS) is 10.7. The summed E-state index contributed by atoms with van der Waals surface area (Å²) in [5.74, 6) is 0.989. The van der Waals surface area contributed by atoms with E-state index in [-0.39, 0.29) is 0 Å². The Hall–Kier alpha value is -1.81. The van der Waals surface area contributed by atoms with Crippen LogP contribution in [-0.4, -0.2) is 16.2 Å². The Labute approximate surface area is 114 Å². The summed E-state index contributed by atoms with van der Waals surface area (Å²) in [6.07, 6.45) is 6.55. The quantitative estimate of drug-likeness (QED) is 0.811. The highest BCUT2D eigenvalue weighted by Crippen LogP contribution is 2.24. The van der Waals surface area contributed by atoms with Crippen LogP contribution in [0.3, 0.4) is 0 Å². The predicted octanol–water partition coefficient (Wildman–Crippen LogP) is 2.43. The third-order valence-corrected chi connectivity index (χ3v) is 3.12. The van der Waals surface area contributed by atoms with E-state index < -0.39 is 0 Å². The smallest absolute Gasteiger partial charge is 0.125 e. The summed E-state index contributed by atoms with van der Waals surface area (Å²) in [5, 5.41) is 0. The van der Waals surface area contributed by atoms with Gasteiger partial charge in [0.25, 0.3) is 0 Å². The van der Waals surface area contributed by atoms with Crippen molar-refractivity contribution in [2.75, 3.05) is 6.61 Å². The molecular formula is C15H21N3O. The molecule has 0 unspecified atom stereocenters. The van der Waals surface area contributed by atoms with Gasteiger partial charge in [0.05, 0.1) is 12.9 Å². The van der Waals surface area contributed by atoms with Gasteiger partial charge in [0, 0.05) is 25.5 Å². The minimum atomic E-state index is 0.572. The van der Waals surface area contributed by atoms with Crippen LogP contribution in [0.4, 0.5) is 0 Å². The first-order valence-corrected chi connectivity index (χ1v) is 6.59. The first-order valence-electron chi connectivity index (χ1n) is 6.59. The highest BCUT2D eigenvalue weighted by molar-refractivity contribution is 5.43. The number of rotatable bonds is 6. The highest BCUT2D eigenvalue weighted by atomic mass is 16.5. The molecule has 1 heterocycles. The van der Waals surface area contributed by atoms with Crippen molar-refractivity contribution in [3.8, 4) is 5.75 Å². The molecule has 2 N–H and O–H groups in total. The van der Waals surface area contributed by atoms with Gasteiger partial charge in [0.15, 0.2) is 0 Å². The second kappa shape index (κ2) is 6.38. The molecule has 0 aliphatic rings. The van der Waals surface area contributed by atoms with Crippen LogP contribution in [0, 0.1) is 13.8 Å². The summed E-state index contributed by atoms with van der Waals surface area (Å²) >= 11 is 0. The Morgan fingerprint density at radius 2 is 2.00 bits per heavy atom. The molecule has 19 heavy (non-hydrogen) atoms. The molecule has 0 bridgehead atoms. The number of nitrogens with zero attached hydrogens (tertiary/aromatic N) is 2. The molecule has 0 fully saturated rings. The minimum Gasteiger partial charge on any atom is -0.493 e. The molecule has 0 aliphatic heterocycles. The Morgan fingerprint density at radius 3 is 2.58 bits per heavy atom. The van der Waals surface area contributed by atoms with E-state index >= 15 is 0 Å². The molecule has 0 atom stereocenters. The zero-order valence-electron chi connectivity index (χ0n) is 11.6. The maximum Gasteiger partial charge on any atom is 0.125 e. The maximum absolute atomic E-state index is 5.89. The fourth-order valence-electron chi connectivity index (χ4n) is 2.23. The van der Waals surface area contributed by atoms with Crippen molar-refractivity contribution in [2.45, 2.75) is 33.4 Å². The van der Waals surface area contributed by atoms with Crippen LogP contribution in [0.5, 0.6) is 5.75 Å². The van der Waals surface area contributed by atoms with Crippen molar-refractivity contribution in [3.05, 3.63) is 47.5 Å². The second-order valence-electron chi connectivity index (χ2n) is 4.77. The molecule has 2 aromatic rings. The van der Waals surface area contributed by atoms with Gasteiger partial charge in [0.1, 0.15) is 5.75 Å². The fraction of sp³-hybridized carbons (Fsp3) is 0.400. The zero-order chi connectivity index (χ0) is 13.7. The molecule has 0 spiro atoms. The third kappa shape index (κ3) is 3.58. The Bertz CT molecular complexity index is 497. The van der Waals surface area contributed by atoms with Gasteiger partial charge >= 0.3 is 0 Å². The van der Waals surface area contributed by atoms with Crippen molar-refractivity contribution in [3.63, 3.8) is 0 Å². The van der Waals surface area contributed by atoms with Gasteiger partial charge in [-0.25, -0.2) is 4.98 Å². The lowest BCUT2D eigenvalue weighted by molar-refractivity contribution is 0.298. The lowest BCUT2D eigenvalue weighted by Crippen LogP contribution is -2.06. The van der Waals surface area contributed by atoms with E-state index in [9.17, 15) is 0 Å². The Morgan fingerprint density at radius 1 is 1.26 bits per heavy atom. The minimum absolute atomic E-state index is 0.572. The number of aryl methyl sites for hydroxylation is 3. The van der Waals surface area contributed by atoms with Crippen LogP contribution in [0.2, 0.25) is 0 Å². The van der Waals surface area contributed by atoms with Crippen molar-refractivity contribution in [1.82, 2.24) is 9.55 Å². The largest absolute Gasteiger partial charge is 0.493 e. The SMILES string of the molecule is Cc1cc(CN)cc(C)c1OCCCn1ccnc1. The van der Waals surface area contributed by atoms with Gasteiger partial charge in [0.2, 0.25) is 0 Å². The van der Waals surface area contributed by atoms with Crippen LogP contribution >= 0.6 is 0 Å². The second-order valence-corrected chi connectivity index (χ2v) is 4.77. The zero-order valence-corrected chi connectivity index (χ0v) is 11.6. The number of imidazole rings is 1. The van der Waals surface area contributed by atoms with Gasteiger partial charge in [-0.3, -0.25) is 0 Å².